The van der Waals surface area contributed by atoms with Crippen molar-refractivity contribution in [3.8, 4) is 0 Å². The Bertz CT molecular complexity index is 1100. The Hall–Kier alpha value is -3.56. The fraction of sp³-hybridized carbons (Fsp3) is 0.400. The topological polar surface area (TPSA) is 96.5 Å². The van der Waals surface area contributed by atoms with Crippen LogP contribution < -0.4 is 16.0 Å². The van der Waals surface area contributed by atoms with Gasteiger partial charge in [0.25, 0.3) is 0 Å². The van der Waals surface area contributed by atoms with E-state index >= 15 is 0 Å². The first-order chi connectivity index (χ1) is 16.3. The van der Waals surface area contributed by atoms with E-state index in [4.69, 9.17) is 4.74 Å². The lowest BCUT2D eigenvalue weighted by Crippen LogP contribution is -2.54. The third-order valence-corrected chi connectivity index (χ3v) is 5.36. The molecule has 1 aliphatic heterocycles. The van der Waals surface area contributed by atoms with Crippen molar-refractivity contribution in [2.24, 2.45) is 0 Å². The van der Waals surface area contributed by atoms with E-state index in [2.05, 4.69) is 16.0 Å². The molecule has 0 fully saturated rings. The third-order valence-electron chi connectivity index (χ3n) is 5.36. The summed E-state index contributed by atoms with van der Waals surface area (Å²) in [6.45, 7) is 4.86. The van der Waals surface area contributed by atoms with Gasteiger partial charge in [-0.25, -0.2) is 4.79 Å². The molecule has 3 amide bonds. The highest BCUT2D eigenvalue weighted by molar-refractivity contribution is 5.99. The van der Waals surface area contributed by atoms with Crippen molar-refractivity contribution >= 4 is 23.6 Å². The molecule has 3 N–H and O–H groups in total. The number of anilines is 1. The monoisotopic (exact) mass is 491 g/mol. The van der Waals surface area contributed by atoms with E-state index in [1.807, 2.05) is 12.1 Å². The van der Waals surface area contributed by atoms with Crippen molar-refractivity contribution in [1.82, 2.24) is 10.6 Å². The van der Waals surface area contributed by atoms with E-state index in [-0.39, 0.29) is 12.0 Å². The second-order valence-electron chi connectivity index (χ2n) is 9.30. The van der Waals surface area contributed by atoms with Crippen molar-refractivity contribution in [2.75, 3.05) is 5.32 Å². The molecule has 2 aromatic carbocycles. The molecule has 0 saturated heterocycles. The van der Waals surface area contributed by atoms with Gasteiger partial charge in [-0.2, -0.15) is 13.2 Å². The first-order valence-corrected chi connectivity index (χ1v) is 11.2. The van der Waals surface area contributed by atoms with Gasteiger partial charge in [-0.05, 0) is 56.9 Å². The Morgan fingerprint density at radius 1 is 1.09 bits per heavy atom. The second kappa shape index (κ2) is 10.4. The number of para-hydroxylation sites is 1. The number of carbonyl (C=O) groups excluding carboxylic acids is 3. The number of carbonyl (C=O) groups is 3. The molecule has 0 spiro atoms. The summed E-state index contributed by atoms with van der Waals surface area (Å²) >= 11 is 0. The molecule has 0 aliphatic carbocycles. The van der Waals surface area contributed by atoms with Crippen molar-refractivity contribution in [1.29, 1.82) is 0 Å². The van der Waals surface area contributed by atoms with Gasteiger partial charge in [-0.15, -0.1) is 0 Å². The Balaban J connectivity index is 1.81. The highest BCUT2D eigenvalue weighted by Crippen LogP contribution is 2.32. The maximum atomic E-state index is 13.5. The van der Waals surface area contributed by atoms with E-state index in [0.717, 1.165) is 11.6 Å². The lowest BCUT2D eigenvalue weighted by atomic mass is 9.98. The lowest BCUT2D eigenvalue weighted by molar-refractivity contribution is -0.138. The number of hydrogen-bond acceptors (Lipinski definition) is 4. The molecule has 0 bridgehead atoms. The Kier molecular flexibility index (Phi) is 7.72. The summed E-state index contributed by atoms with van der Waals surface area (Å²) < 4.78 is 45.8. The largest absolute Gasteiger partial charge is 0.444 e. The predicted molar refractivity (Wildman–Crippen MR) is 124 cm³/mol. The molecule has 188 valence electrons. The fourth-order valence-electron chi connectivity index (χ4n) is 3.77. The standard InChI is InChI=1S/C25H28F3N3O4/c1-24(2,3)35-23(34)31-20(14-16-9-4-6-10-17(16)25(26,27)28)22(33)30-19-13-12-15-8-5-7-11-18(15)29-21(19)32/h4-11,19-20H,12-14H2,1-3H3,(H,29,32)(H,30,33)(H,31,34). The zero-order chi connectivity index (χ0) is 25.8. The number of fused-ring (bicyclic) bond motifs is 1. The molecular formula is C25H28F3N3O4. The number of amides is 3. The fourth-order valence-corrected chi connectivity index (χ4v) is 3.77. The van der Waals surface area contributed by atoms with Gasteiger partial charge in [0, 0.05) is 12.1 Å². The van der Waals surface area contributed by atoms with Crippen LogP contribution in [0.1, 0.15) is 43.9 Å². The number of nitrogens with one attached hydrogen (secondary N) is 3. The van der Waals surface area contributed by atoms with Crippen molar-refractivity contribution in [3.63, 3.8) is 0 Å². The van der Waals surface area contributed by atoms with E-state index < -0.39 is 53.8 Å². The summed E-state index contributed by atoms with van der Waals surface area (Å²) in [6.07, 6.45) is -5.26. The Morgan fingerprint density at radius 3 is 2.43 bits per heavy atom. The SMILES string of the molecule is CC(C)(C)OC(=O)NC(Cc1ccccc1C(F)(F)F)C(=O)NC1CCc2ccccc2NC1=O. The van der Waals surface area contributed by atoms with Crippen LogP contribution in [0.5, 0.6) is 0 Å². The highest BCUT2D eigenvalue weighted by Gasteiger charge is 2.35. The average Bonchev–Trinajstić information content (AvgIpc) is 2.90. The quantitative estimate of drug-likeness (QED) is 0.584. The average molecular weight is 492 g/mol. The van der Waals surface area contributed by atoms with E-state index in [1.165, 1.54) is 18.2 Å². The van der Waals surface area contributed by atoms with Gasteiger partial charge in [0.1, 0.15) is 17.7 Å². The molecule has 0 aromatic heterocycles. The Morgan fingerprint density at radius 2 is 1.74 bits per heavy atom. The molecule has 3 rings (SSSR count). The normalized spacial score (nSPS) is 16.9. The van der Waals surface area contributed by atoms with Gasteiger partial charge >= 0.3 is 12.3 Å². The molecule has 35 heavy (non-hydrogen) atoms. The van der Waals surface area contributed by atoms with Gasteiger partial charge < -0.3 is 20.7 Å². The number of ether oxygens (including phenoxy) is 1. The molecule has 2 unspecified atom stereocenters. The number of alkyl halides is 3. The minimum atomic E-state index is -4.64. The van der Waals surface area contributed by atoms with Crippen LogP contribution in [0.15, 0.2) is 48.5 Å². The minimum absolute atomic E-state index is 0.172. The van der Waals surface area contributed by atoms with Crippen molar-refractivity contribution in [2.45, 2.75) is 63.9 Å². The summed E-state index contributed by atoms with van der Waals surface area (Å²) in [7, 11) is 0. The number of halogens is 3. The van der Waals surface area contributed by atoms with E-state index in [1.54, 1.807) is 32.9 Å². The highest BCUT2D eigenvalue weighted by atomic mass is 19.4. The smallest absolute Gasteiger partial charge is 0.416 e. The second-order valence-corrected chi connectivity index (χ2v) is 9.30. The molecular weight excluding hydrogens is 463 g/mol. The molecule has 0 radical (unpaired) electrons. The van der Waals surface area contributed by atoms with Crippen LogP contribution in [0, 0.1) is 0 Å². The number of alkyl carbamates (subject to hydrolysis) is 1. The zero-order valence-electron chi connectivity index (χ0n) is 19.7. The zero-order valence-corrected chi connectivity index (χ0v) is 19.7. The number of benzene rings is 2. The maximum absolute atomic E-state index is 13.5. The number of aryl methyl sites for hydroxylation is 1. The number of hydrogen-bond donors (Lipinski definition) is 3. The van der Waals surface area contributed by atoms with Gasteiger partial charge in [-0.1, -0.05) is 36.4 Å². The van der Waals surface area contributed by atoms with Gasteiger partial charge in [-0.3, -0.25) is 9.59 Å². The minimum Gasteiger partial charge on any atom is -0.444 e. The summed E-state index contributed by atoms with van der Waals surface area (Å²) in [4.78, 5) is 38.3. The number of rotatable bonds is 5. The van der Waals surface area contributed by atoms with Crippen LogP contribution in [0.4, 0.5) is 23.7 Å². The van der Waals surface area contributed by atoms with E-state index in [9.17, 15) is 27.6 Å². The third kappa shape index (κ3) is 7.21. The summed E-state index contributed by atoms with van der Waals surface area (Å²) in [5.74, 6) is -1.24. The molecule has 2 aromatic rings. The van der Waals surface area contributed by atoms with E-state index in [0.29, 0.717) is 12.1 Å². The molecule has 10 heteroatoms. The molecule has 0 saturated carbocycles. The summed E-state index contributed by atoms with van der Waals surface area (Å²) in [5.41, 5.74) is -0.431. The first kappa shape index (κ1) is 26.1. The molecule has 1 heterocycles. The van der Waals surface area contributed by atoms with Gasteiger partial charge in [0.2, 0.25) is 11.8 Å². The van der Waals surface area contributed by atoms with Gasteiger partial charge in [0.15, 0.2) is 0 Å². The van der Waals surface area contributed by atoms with Crippen LogP contribution in [-0.2, 0) is 33.3 Å². The van der Waals surface area contributed by atoms with Crippen molar-refractivity contribution in [3.05, 3.63) is 65.2 Å². The van der Waals surface area contributed by atoms with Crippen LogP contribution in [0.3, 0.4) is 0 Å². The summed E-state index contributed by atoms with van der Waals surface area (Å²) in [6, 6.07) is 9.70. The van der Waals surface area contributed by atoms with Crippen LogP contribution in [0.2, 0.25) is 0 Å². The molecule has 7 nitrogen and oxygen atoms in total. The maximum Gasteiger partial charge on any atom is 0.416 e. The lowest BCUT2D eigenvalue weighted by Gasteiger charge is -2.25. The van der Waals surface area contributed by atoms with Crippen molar-refractivity contribution < 1.29 is 32.3 Å². The molecule has 2 atom stereocenters. The van der Waals surface area contributed by atoms with Gasteiger partial charge in [0.05, 0.1) is 5.56 Å². The first-order valence-electron chi connectivity index (χ1n) is 11.2. The van der Waals surface area contributed by atoms with Crippen LogP contribution in [-0.4, -0.2) is 35.6 Å². The Labute approximate surface area is 201 Å². The predicted octanol–water partition coefficient (Wildman–Crippen LogP) is 4.21. The summed E-state index contributed by atoms with van der Waals surface area (Å²) in [5, 5.41) is 7.71. The van der Waals surface area contributed by atoms with Crippen LogP contribution >= 0.6 is 0 Å². The van der Waals surface area contributed by atoms with Crippen LogP contribution in [0.25, 0.3) is 0 Å². The molecule has 1 aliphatic rings.